The van der Waals surface area contributed by atoms with Crippen LogP contribution in [0, 0.1) is 0 Å². The van der Waals surface area contributed by atoms with Gasteiger partial charge in [0.2, 0.25) is 0 Å². The molecule has 1 heterocycles. The van der Waals surface area contributed by atoms with Crippen molar-refractivity contribution in [2.24, 2.45) is 0 Å². The van der Waals surface area contributed by atoms with Gasteiger partial charge in [-0.25, -0.2) is 0 Å². The lowest BCUT2D eigenvalue weighted by molar-refractivity contribution is 0.0976. The molecule has 0 N–H and O–H groups in total. The maximum atomic E-state index is 12.2. The molecule has 104 valence electrons. The first-order valence-electron chi connectivity index (χ1n) is 7.57. The minimum absolute atomic E-state index is 0.273. The number of benzene rings is 2. The molecule has 1 saturated heterocycles. The Kier molecular flexibility index (Phi) is 4.12. The Bertz CT molecular complexity index is 599. The molecule has 0 bridgehead atoms. The van der Waals surface area contributed by atoms with Crippen LogP contribution in [0.2, 0.25) is 0 Å². The number of carbonyl (C=O) groups is 1. The molecule has 2 aromatic carbocycles. The number of rotatable bonds is 5. The van der Waals surface area contributed by atoms with Gasteiger partial charge in [0.15, 0.2) is 5.78 Å². The molecule has 1 aliphatic rings. The zero-order chi connectivity index (χ0) is 13.8. The molecule has 3 rings (SSSR count). The minimum atomic E-state index is 0.273. The Labute approximate surface area is 120 Å². The lowest BCUT2D eigenvalue weighted by Crippen LogP contribution is -2.21. The van der Waals surface area contributed by atoms with E-state index in [0.717, 1.165) is 23.9 Å². The van der Waals surface area contributed by atoms with Crippen molar-refractivity contribution in [3.05, 3.63) is 48.0 Å². The van der Waals surface area contributed by atoms with Gasteiger partial charge in [0.1, 0.15) is 0 Å². The largest absolute Gasteiger partial charge is 0.303 e. The molecule has 2 aromatic rings. The molecule has 2 heteroatoms. The number of ketones is 1. The molecule has 2 nitrogen and oxygen atoms in total. The first kappa shape index (κ1) is 13.3. The number of likely N-dealkylation sites (tertiary alicyclic amines) is 1. The summed E-state index contributed by atoms with van der Waals surface area (Å²) in [4.78, 5) is 14.7. The molecular formula is C18H21NO. The van der Waals surface area contributed by atoms with E-state index < -0.39 is 0 Å². The third-order valence-electron chi connectivity index (χ3n) is 4.15. The van der Waals surface area contributed by atoms with E-state index in [-0.39, 0.29) is 5.78 Å². The number of hydrogen-bond acceptors (Lipinski definition) is 2. The van der Waals surface area contributed by atoms with Gasteiger partial charge in [-0.3, -0.25) is 4.79 Å². The van der Waals surface area contributed by atoms with Gasteiger partial charge < -0.3 is 4.90 Å². The predicted molar refractivity (Wildman–Crippen MR) is 83.2 cm³/mol. The van der Waals surface area contributed by atoms with Crippen LogP contribution in [-0.2, 0) is 0 Å². The highest BCUT2D eigenvalue weighted by Gasteiger charge is 2.12. The third-order valence-corrected chi connectivity index (χ3v) is 4.15. The molecule has 0 unspecified atom stereocenters. The predicted octanol–water partition coefficient (Wildman–Crippen LogP) is 3.90. The van der Waals surface area contributed by atoms with Gasteiger partial charge in [-0.15, -0.1) is 0 Å². The van der Waals surface area contributed by atoms with E-state index in [2.05, 4.69) is 17.0 Å². The number of fused-ring (bicyclic) bond motifs is 1. The lowest BCUT2D eigenvalue weighted by atomic mass is 10.0. The summed E-state index contributed by atoms with van der Waals surface area (Å²) in [5.74, 6) is 0.273. The van der Waals surface area contributed by atoms with Crippen LogP contribution in [0.1, 0.15) is 36.0 Å². The Morgan fingerprint density at radius 1 is 1.00 bits per heavy atom. The average molecular weight is 267 g/mol. The Balaban J connectivity index is 1.60. The molecule has 1 aliphatic heterocycles. The SMILES string of the molecule is O=C(CCCN1CCCC1)c1ccc2ccccc2c1. The summed E-state index contributed by atoms with van der Waals surface area (Å²) in [6.45, 7) is 3.49. The Morgan fingerprint density at radius 2 is 1.75 bits per heavy atom. The summed E-state index contributed by atoms with van der Waals surface area (Å²) in [5, 5.41) is 2.35. The van der Waals surface area contributed by atoms with Crippen molar-refractivity contribution in [1.82, 2.24) is 4.90 Å². The highest BCUT2D eigenvalue weighted by atomic mass is 16.1. The summed E-state index contributed by atoms with van der Waals surface area (Å²) in [6.07, 6.45) is 4.28. The van der Waals surface area contributed by atoms with E-state index in [9.17, 15) is 4.79 Å². The van der Waals surface area contributed by atoms with Gasteiger partial charge in [-0.05, 0) is 55.7 Å². The standard InChI is InChI=1S/C18H21NO/c20-18(8-5-13-19-11-3-4-12-19)17-10-9-15-6-1-2-7-16(15)14-17/h1-2,6-7,9-10,14H,3-5,8,11-13H2. The van der Waals surface area contributed by atoms with Crippen molar-refractivity contribution in [3.8, 4) is 0 Å². The molecule has 0 spiro atoms. The van der Waals surface area contributed by atoms with E-state index in [1.807, 2.05) is 30.3 Å². The fourth-order valence-electron chi connectivity index (χ4n) is 2.98. The number of Topliss-reactive ketones (excluding diaryl/α,β-unsaturated/α-hetero) is 1. The molecular weight excluding hydrogens is 246 g/mol. The lowest BCUT2D eigenvalue weighted by Gasteiger charge is -2.13. The van der Waals surface area contributed by atoms with Gasteiger partial charge in [0, 0.05) is 12.0 Å². The zero-order valence-corrected chi connectivity index (χ0v) is 11.8. The van der Waals surface area contributed by atoms with E-state index >= 15 is 0 Å². The van der Waals surface area contributed by atoms with Crippen molar-refractivity contribution in [2.45, 2.75) is 25.7 Å². The highest BCUT2D eigenvalue weighted by molar-refractivity contribution is 5.99. The van der Waals surface area contributed by atoms with E-state index in [0.29, 0.717) is 6.42 Å². The van der Waals surface area contributed by atoms with Crippen LogP contribution >= 0.6 is 0 Å². The molecule has 0 aromatic heterocycles. The molecule has 0 atom stereocenters. The molecule has 0 saturated carbocycles. The Morgan fingerprint density at radius 3 is 2.55 bits per heavy atom. The molecule has 1 fully saturated rings. The minimum Gasteiger partial charge on any atom is -0.303 e. The fraction of sp³-hybridized carbons (Fsp3) is 0.389. The van der Waals surface area contributed by atoms with Gasteiger partial charge in [0.05, 0.1) is 0 Å². The van der Waals surface area contributed by atoms with Crippen molar-refractivity contribution in [1.29, 1.82) is 0 Å². The quantitative estimate of drug-likeness (QED) is 0.766. The number of carbonyl (C=O) groups excluding carboxylic acids is 1. The van der Waals surface area contributed by atoms with Crippen LogP contribution in [0.25, 0.3) is 10.8 Å². The maximum Gasteiger partial charge on any atom is 0.162 e. The van der Waals surface area contributed by atoms with Gasteiger partial charge >= 0.3 is 0 Å². The first-order chi connectivity index (χ1) is 9.83. The van der Waals surface area contributed by atoms with Crippen molar-refractivity contribution < 1.29 is 4.79 Å². The number of nitrogens with zero attached hydrogens (tertiary/aromatic N) is 1. The monoisotopic (exact) mass is 267 g/mol. The van der Waals surface area contributed by atoms with Gasteiger partial charge in [0.25, 0.3) is 0 Å². The summed E-state index contributed by atoms with van der Waals surface area (Å²) < 4.78 is 0. The third kappa shape index (κ3) is 3.07. The second-order valence-corrected chi connectivity index (χ2v) is 5.64. The first-order valence-corrected chi connectivity index (χ1v) is 7.57. The Hall–Kier alpha value is -1.67. The van der Waals surface area contributed by atoms with Crippen LogP contribution in [0.5, 0.6) is 0 Å². The van der Waals surface area contributed by atoms with Gasteiger partial charge in [-0.1, -0.05) is 36.4 Å². The molecule has 20 heavy (non-hydrogen) atoms. The van der Waals surface area contributed by atoms with Crippen LogP contribution < -0.4 is 0 Å². The van der Waals surface area contributed by atoms with Crippen LogP contribution in [0.4, 0.5) is 0 Å². The fourth-order valence-corrected chi connectivity index (χ4v) is 2.98. The summed E-state index contributed by atoms with van der Waals surface area (Å²) in [6, 6.07) is 14.2. The van der Waals surface area contributed by atoms with Gasteiger partial charge in [-0.2, -0.15) is 0 Å². The van der Waals surface area contributed by atoms with E-state index in [1.165, 1.54) is 31.3 Å². The van der Waals surface area contributed by atoms with Crippen LogP contribution in [0.3, 0.4) is 0 Å². The van der Waals surface area contributed by atoms with Crippen LogP contribution in [0.15, 0.2) is 42.5 Å². The van der Waals surface area contributed by atoms with Crippen molar-refractivity contribution >= 4 is 16.6 Å². The summed E-state index contributed by atoms with van der Waals surface area (Å²) in [7, 11) is 0. The maximum absolute atomic E-state index is 12.2. The smallest absolute Gasteiger partial charge is 0.162 e. The number of hydrogen-bond donors (Lipinski definition) is 0. The second-order valence-electron chi connectivity index (χ2n) is 5.64. The van der Waals surface area contributed by atoms with Crippen molar-refractivity contribution in [2.75, 3.05) is 19.6 Å². The molecule has 0 amide bonds. The highest BCUT2D eigenvalue weighted by Crippen LogP contribution is 2.17. The summed E-state index contributed by atoms with van der Waals surface area (Å²) in [5.41, 5.74) is 0.852. The zero-order valence-electron chi connectivity index (χ0n) is 11.8. The van der Waals surface area contributed by atoms with E-state index in [4.69, 9.17) is 0 Å². The van der Waals surface area contributed by atoms with E-state index in [1.54, 1.807) is 0 Å². The average Bonchev–Trinajstić information content (AvgIpc) is 3.00. The molecule has 0 radical (unpaired) electrons. The van der Waals surface area contributed by atoms with Crippen molar-refractivity contribution in [3.63, 3.8) is 0 Å². The summed E-state index contributed by atoms with van der Waals surface area (Å²) >= 11 is 0. The molecule has 0 aliphatic carbocycles. The second kappa shape index (κ2) is 6.19. The van der Waals surface area contributed by atoms with Crippen LogP contribution in [-0.4, -0.2) is 30.3 Å². The normalized spacial score (nSPS) is 15.8. The topological polar surface area (TPSA) is 20.3 Å².